The first-order chi connectivity index (χ1) is 14.1. The first-order valence-electron chi connectivity index (χ1n) is 9.74. The van der Waals surface area contributed by atoms with Gasteiger partial charge in [-0.2, -0.15) is 0 Å². The van der Waals surface area contributed by atoms with Crippen LogP contribution >= 0.6 is 0 Å². The first-order valence-corrected chi connectivity index (χ1v) is 9.74. The molecule has 1 atom stereocenters. The molecule has 0 bridgehead atoms. The van der Waals surface area contributed by atoms with Crippen molar-refractivity contribution in [3.05, 3.63) is 54.1 Å². The van der Waals surface area contributed by atoms with Gasteiger partial charge in [0.15, 0.2) is 6.10 Å². The van der Waals surface area contributed by atoms with E-state index in [0.29, 0.717) is 23.6 Å². The van der Waals surface area contributed by atoms with E-state index in [2.05, 4.69) is 10.2 Å². The van der Waals surface area contributed by atoms with E-state index in [4.69, 9.17) is 14.2 Å². The second-order valence-electron chi connectivity index (χ2n) is 6.64. The minimum Gasteiger partial charge on any atom is -0.481 e. The molecule has 1 saturated heterocycles. The summed E-state index contributed by atoms with van der Waals surface area (Å²) in [7, 11) is 0. The Hall–Kier alpha value is -3.06. The molecule has 0 aliphatic carbocycles. The second-order valence-corrected chi connectivity index (χ2v) is 6.64. The number of nitrogens with one attached hydrogen (secondary N) is 1. The molecule has 1 amide bonds. The number of rotatable bonds is 7. The molecule has 0 radical (unpaired) electrons. The molecule has 1 heterocycles. The van der Waals surface area contributed by atoms with Crippen molar-refractivity contribution in [3.8, 4) is 5.75 Å². The normalized spacial score (nSPS) is 14.8. The number of esters is 1. The highest BCUT2D eigenvalue weighted by Gasteiger charge is 2.17. The number of amides is 1. The van der Waals surface area contributed by atoms with Crippen molar-refractivity contribution in [2.24, 2.45) is 0 Å². The van der Waals surface area contributed by atoms with E-state index in [1.807, 2.05) is 24.3 Å². The van der Waals surface area contributed by atoms with Crippen LogP contribution in [0.15, 0.2) is 48.5 Å². The molecule has 1 fully saturated rings. The first kappa shape index (κ1) is 20.7. The molecule has 1 aliphatic rings. The number of nitrogens with zero attached hydrogens (tertiary/aromatic N) is 1. The average molecular weight is 398 g/mol. The molecule has 0 saturated carbocycles. The summed E-state index contributed by atoms with van der Waals surface area (Å²) in [6.07, 6.45) is -0.730. The van der Waals surface area contributed by atoms with E-state index in [-0.39, 0.29) is 5.91 Å². The quantitative estimate of drug-likeness (QED) is 0.722. The SMILES string of the molecule is CCOC(=O)c1cccc(O[C@H](C)C(=O)Nc2ccc(N3CCOCC3)cc2)c1. The number of hydrogen-bond acceptors (Lipinski definition) is 6. The van der Waals surface area contributed by atoms with Crippen LogP contribution in [-0.2, 0) is 14.3 Å². The molecule has 7 heteroatoms. The highest BCUT2D eigenvalue weighted by molar-refractivity contribution is 5.94. The van der Waals surface area contributed by atoms with E-state index < -0.39 is 12.1 Å². The number of ether oxygens (including phenoxy) is 3. The van der Waals surface area contributed by atoms with E-state index >= 15 is 0 Å². The molecule has 0 unspecified atom stereocenters. The van der Waals surface area contributed by atoms with Crippen LogP contribution in [0, 0.1) is 0 Å². The number of hydrogen-bond donors (Lipinski definition) is 1. The Labute approximate surface area is 170 Å². The van der Waals surface area contributed by atoms with Crippen molar-refractivity contribution in [3.63, 3.8) is 0 Å². The fraction of sp³-hybridized carbons (Fsp3) is 0.364. The summed E-state index contributed by atoms with van der Waals surface area (Å²) >= 11 is 0. The van der Waals surface area contributed by atoms with Gasteiger partial charge in [0.1, 0.15) is 5.75 Å². The molecule has 0 spiro atoms. The van der Waals surface area contributed by atoms with Gasteiger partial charge in [-0.3, -0.25) is 4.79 Å². The van der Waals surface area contributed by atoms with Crippen LogP contribution in [0.1, 0.15) is 24.2 Å². The minimum atomic E-state index is -0.730. The smallest absolute Gasteiger partial charge is 0.338 e. The third-order valence-electron chi connectivity index (χ3n) is 4.54. The predicted molar refractivity (Wildman–Crippen MR) is 111 cm³/mol. The van der Waals surface area contributed by atoms with E-state index in [1.54, 1.807) is 38.1 Å². The standard InChI is InChI=1S/C22H26N2O5/c1-3-28-22(26)17-5-4-6-20(15-17)29-16(2)21(25)23-18-7-9-19(10-8-18)24-11-13-27-14-12-24/h4-10,15-16H,3,11-14H2,1-2H3,(H,23,25)/t16-/m1/s1. The largest absolute Gasteiger partial charge is 0.481 e. The number of carbonyl (C=O) groups is 2. The predicted octanol–water partition coefficient (Wildman–Crippen LogP) is 3.11. The third kappa shape index (κ3) is 5.71. The van der Waals surface area contributed by atoms with Crippen molar-refractivity contribution >= 4 is 23.3 Å². The van der Waals surface area contributed by atoms with Gasteiger partial charge >= 0.3 is 5.97 Å². The molecular formula is C22H26N2O5. The molecule has 1 aliphatic heterocycles. The summed E-state index contributed by atoms with van der Waals surface area (Å²) in [4.78, 5) is 26.5. The highest BCUT2D eigenvalue weighted by atomic mass is 16.5. The molecule has 2 aromatic rings. The molecule has 154 valence electrons. The Morgan fingerprint density at radius 2 is 1.86 bits per heavy atom. The van der Waals surface area contributed by atoms with Crippen LogP contribution in [0.4, 0.5) is 11.4 Å². The van der Waals surface area contributed by atoms with E-state index in [0.717, 1.165) is 32.0 Å². The zero-order valence-electron chi connectivity index (χ0n) is 16.7. The van der Waals surface area contributed by atoms with Gasteiger partial charge in [-0.25, -0.2) is 4.79 Å². The lowest BCUT2D eigenvalue weighted by atomic mass is 10.2. The van der Waals surface area contributed by atoms with Crippen LogP contribution in [-0.4, -0.2) is 50.9 Å². The van der Waals surface area contributed by atoms with Crippen LogP contribution < -0.4 is 15.0 Å². The second kappa shape index (κ2) is 9.93. The van der Waals surface area contributed by atoms with Gasteiger partial charge in [0.2, 0.25) is 0 Å². The molecule has 3 rings (SSSR count). The summed E-state index contributed by atoms with van der Waals surface area (Å²) in [5, 5.41) is 2.85. The number of anilines is 2. The van der Waals surface area contributed by atoms with Crippen molar-refractivity contribution in [1.29, 1.82) is 0 Å². The molecule has 0 aromatic heterocycles. The van der Waals surface area contributed by atoms with E-state index in [1.165, 1.54) is 0 Å². The minimum absolute atomic E-state index is 0.273. The Morgan fingerprint density at radius 1 is 1.14 bits per heavy atom. The maximum Gasteiger partial charge on any atom is 0.338 e. The third-order valence-corrected chi connectivity index (χ3v) is 4.54. The molecule has 29 heavy (non-hydrogen) atoms. The van der Waals surface area contributed by atoms with Crippen LogP contribution in [0.3, 0.4) is 0 Å². The number of morpholine rings is 1. The summed E-state index contributed by atoms with van der Waals surface area (Å²) in [6, 6.07) is 14.3. The van der Waals surface area contributed by atoms with Crippen molar-refractivity contribution in [2.75, 3.05) is 43.1 Å². The Bertz CT molecular complexity index is 831. The summed E-state index contributed by atoms with van der Waals surface area (Å²) in [6.45, 7) is 6.89. The van der Waals surface area contributed by atoms with Crippen LogP contribution in [0.25, 0.3) is 0 Å². The molecule has 1 N–H and O–H groups in total. The fourth-order valence-corrected chi connectivity index (χ4v) is 2.99. The van der Waals surface area contributed by atoms with Crippen molar-refractivity contribution < 1.29 is 23.8 Å². The Balaban J connectivity index is 1.56. The van der Waals surface area contributed by atoms with Gasteiger partial charge in [0.05, 0.1) is 25.4 Å². The molecule has 7 nitrogen and oxygen atoms in total. The summed E-state index contributed by atoms with van der Waals surface area (Å²) in [5.41, 5.74) is 2.18. The maximum atomic E-state index is 12.5. The lowest BCUT2D eigenvalue weighted by molar-refractivity contribution is -0.122. The fourth-order valence-electron chi connectivity index (χ4n) is 2.99. The van der Waals surface area contributed by atoms with Gasteiger partial charge in [-0.1, -0.05) is 6.07 Å². The summed E-state index contributed by atoms with van der Waals surface area (Å²) < 4.78 is 16.0. The van der Waals surface area contributed by atoms with Gasteiger partial charge in [-0.05, 0) is 56.3 Å². The average Bonchev–Trinajstić information content (AvgIpc) is 2.75. The van der Waals surface area contributed by atoms with Crippen LogP contribution in [0.2, 0.25) is 0 Å². The lowest BCUT2D eigenvalue weighted by Gasteiger charge is -2.29. The van der Waals surface area contributed by atoms with Crippen molar-refractivity contribution in [2.45, 2.75) is 20.0 Å². The number of carbonyl (C=O) groups excluding carboxylic acids is 2. The molecular weight excluding hydrogens is 372 g/mol. The zero-order chi connectivity index (χ0) is 20.6. The van der Waals surface area contributed by atoms with Gasteiger partial charge in [0, 0.05) is 24.5 Å². The maximum absolute atomic E-state index is 12.5. The Morgan fingerprint density at radius 3 is 2.55 bits per heavy atom. The van der Waals surface area contributed by atoms with Crippen molar-refractivity contribution in [1.82, 2.24) is 0 Å². The van der Waals surface area contributed by atoms with Crippen LogP contribution in [0.5, 0.6) is 5.75 Å². The number of benzene rings is 2. The highest BCUT2D eigenvalue weighted by Crippen LogP contribution is 2.20. The van der Waals surface area contributed by atoms with Gasteiger partial charge in [0.25, 0.3) is 5.91 Å². The topological polar surface area (TPSA) is 77.1 Å². The van der Waals surface area contributed by atoms with Gasteiger partial charge < -0.3 is 24.4 Å². The molecule has 2 aromatic carbocycles. The summed E-state index contributed by atoms with van der Waals surface area (Å²) in [5.74, 6) is -0.262. The lowest BCUT2D eigenvalue weighted by Crippen LogP contribution is -2.36. The Kier molecular flexibility index (Phi) is 7.08. The van der Waals surface area contributed by atoms with Gasteiger partial charge in [-0.15, -0.1) is 0 Å². The zero-order valence-corrected chi connectivity index (χ0v) is 16.7. The monoisotopic (exact) mass is 398 g/mol. The van der Waals surface area contributed by atoms with E-state index in [9.17, 15) is 9.59 Å².